The molecule has 1 unspecified atom stereocenters. The Hall–Kier alpha value is -0.610. The lowest BCUT2D eigenvalue weighted by Gasteiger charge is -2.19. The molecular weight excluding hydrogens is 214 g/mol. The van der Waals surface area contributed by atoms with Gasteiger partial charge in [0.2, 0.25) is 5.91 Å². The van der Waals surface area contributed by atoms with Crippen LogP contribution >= 0.6 is 0 Å². The maximum absolute atomic E-state index is 11.5. The monoisotopic (exact) mass is 243 g/mol. The highest BCUT2D eigenvalue weighted by Gasteiger charge is 2.04. The van der Waals surface area contributed by atoms with Crippen LogP contribution in [-0.4, -0.2) is 49.6 Å². The summed E-state index contributed by atoms with van der Waals surface area (Å²) >= 11 is 0. The van der Waals surface area contributed by atoms with Crippen molar-refractivity contribution >= 4 is 5.91 Å². The van der Waals surface area contributed by atoms with E-state index in [2.05, 4.69) is 43.2 Å². The van der Waals surface area contributed by atoms with Crippen molar-refractivity contribution < 1.29 is 4.79 Å². The molecule has 0 rings (SSSR count). The van der Waals surface area contributed by atoms with Crippen molar-refractivity contribution in [1.29, 1.82) is 0 Å². The fraction of sp³-hybridized carbons (Fsp3) is 0.923. The molecule has 0 heterocycles. The summed E-state index contributed by atoms with van der Waals surface area (Å²) in [4.78, 5) is 13.8. The molecule has 0 aliphatic rings. The molecule has 0 aliphatic heterocycles. The van der Waals surface area contributed by atoms with E-state index in [4.69, 9.17) is 0 Å². The molecule has 0 saturated heterocycles. The lowest BCUT2D eigenvalue weighted by atomic mass is 10.2. The molecule has 102 valence electrons. The van der Waals surface area contributed by atoms with E-state index in [1.807, 2.05) is 0 Å². The van der Waals surface area contributed by atoms with Gasteiger partial charge in [-0.15, -0.1) is 0 Å². The van der Waals surface area contributed by atoms with Crippen molar-refractivity contribution in [3.8, 4) is 0 Å². The predicted molar refractivity (Wildman–Crippen MR) is 73.2 cm³/mol. The minimum Gasteiger partial charge on any atom is -0.354 e. The van der Waals surface area contributed by atoms with Gasteiger partial charge in [0.15, 0.2) is 0 Å². The van der Waals surface area contributed by atoms with Crippen molar-refractivity contribution in [3.63, 3.8) is 0 Å². The molecular formula is C13H29N3O. The number of likely N-dealkylation sites (N-methyl/N-ethyl adjacent to an activating group) is 1. The van der Waals surface area contributed by atoms with E-state index in [-0.39, 0.29) is 5.91 Å². The van der Waals surface area contributed by atoms with Gasteiger partial charge in [-0.2, -0.15) is 0 Å². The number of rotatable bonds is 10. The Morgan fingerprint density at radius 3 is 2.47 bits per heavy atom. The molecule has 0 saturated carbocycles. The van der Waals surface area contributed by atoms with E-state index in [1.165, 1.54) is 0 Å². The number of nitrogens with one attached hydrogen (secondary N) is 2. The Kier molecular flexibility index (Phi) is 10.2. The van der Waals surface area contributed by atoms with Crippen LogP contribution in [0.2, 0.25) is 0 Å². The second kappa shape index (κ2) is 10.5. The van der Waals surface area contributed by atoms with E-state index in [1.54, 1.807) is 0 Å². The van der Waals surface area contributed by atoms with E-state index < -0.39 is 0 Å². The molecule has 1 atom stereocenters. The summed E-state index contributed by atoms with van der Waals surface area (Å²) in [6.45, 7) is 12.8. The molecule has 0 radical (unpaired) electrons. The van der Waals surface area contributed by atoms with E-state index in [0.717, 1.165) is 39.0 Å². The van der Waals surface area contributed by atoms with Gasteiger partial charge in [-0.05, 0) is 32.9 Å². The van der Waals surface area contributed by atoms with Crippen molar-refractivity contribution in [2.75, 3.05) is 32.7 Å². The van der Waals surface area contributed by atoms with Gasteiger partial charge in [-0.1, -0.05) is 20.8 Å². The normalized spacial score (nSPS) is 12.8. The summed E-state index contributed by atoms with van der Waals surface area (Å²) < 4.78 is 0. The molecule has 0 aliphatic carbocycles. The SMILES string of the molecule is CCCN(CC)CCNC(=O)CNC(C)CC. The van der Waals surface area contributed by atoms with Crippen LogP contribution in [0.1, 0.15) is 40.5 Å². The molecule has 4 heteroatoms. The summed E-state index contributed by atoms with van der Waals surface area (Å²) in [5.41, 5.74) is 0. The number of hydrogen-bond acceptors (Lipinski definition) is 3. The van der Waals surface area contributed by atoms with Crippen LogP contribution < -0.4 is 10.6 Å². The number of carbonyl (C=O) groups is 1. The van der Waals surface area contributed by atoms with Crippen molar-refractivity contribution in [3.05, 3.63) is 0 Å². The van der Waals surface area contributed by atoms with Gasteiger partial charge in [0, 0.05) is 19.1 Å². The standard InChI is InChI=1S/C13H29N3O/c1-5-9-16(7-3)10-8-14-13(17)11-15-12(4)6-2/h12,15H,5-11H2,1-4H3,(H,14,17). The zero-order chi connectivity index (χ0) is 13.1. The summed E-state index contributed by atoms with van der Waals surface area (Å²) in [6.07, 6.45) is 2.21. The first-order valence-electron chi connectivity index (χ1n) is 6.86. The first-order valence-corrected chi connectivity index (χ1v) is 6.86. The minimum atomic E-state index is 0.0952. The average Bonchev–Trinajstić information content (AvgIpc) is 2.34. The quantitative estimate of drug-likeness (QED) is 0.606. The van der Waals surface area contributed by atoms with Crippen LogP contribution in [0.15, 0.2) is 0 Å². The Morgan fingerprint density at radius 2 is 1.94 bits per heavy atom. The third-order valence-corrected chi connectivity index (χ3v) is 2.96. The second-order valence-electron chi connectivity index (χ2n) is 4.47. The first kappa shape index (κ1) is 16.4. The van der Waals surface area contributed by atoms with Crippen LogP contribution in [0.4, 0.5) is 0 Å². The van der Waals surface area contributed by atoms with Crippen LogP contribution in [0.5, 0.6) is 0 Å². The van der Waals surface area contributed by atoms with Gasteiger partial charge in [0.25, 0.3) is 0 Å². The lowest BCUT2D eigenvalue weighted by molar-refractivity contribution is -0.120. The summed E-state index contributed by atoms with van der Waals surface area (Å²) in [5, 5.41) is 6.13. The maximum atomic E-state index is 11.5. The highest BCUT2D eigenvalue weighted by molar-refractivity contribution is 5.77. The Balaban J connectivity index is 3.56. The summed E-state index contributed by atoms with van der Waals surface area (Å²) in [6, 6.07) is 0.410. The Morgan fingerprint density at radius 1 is 1.24 bits per heavy atom. The number of hydrogen-bond donors (Lipinski definition) is 2. The number of amides is 1. The third-order valence-electron chi connectivity index (χ3n) is 2.96. The van der Waals surface area contributed by atoms with Crippen molar-refractivity contribution in [2.45, 2.75) is 46.6 Å². The van der Waals surface area contributed by atoms with Crippen molar-refractivity contribution in [2.24, 2.45) is 0 Å². The lowest BCUT2D eigenvalue weighted by Crippen LogP contribution is -2.41. The van der Waals surface area contributed by atoms with Crippen LogP contribution in [0.25, 0.3) is 0 Å². The Bertz CT molecular complexity index is 197. The van der Waals surface area contributed by atoms with Crippen molar-refractivity contribution in [1.82, 2.24) is 15.5 Å². The average molecular weight is 243 g/mol. The first-order chi connectivity index (χ1) is 8.13. The fourth-order valence-corrected chi connectivity index (χ4v) is 1.57. The zero-order valence-corrected chi connectivity index (χ0v) is 11.9. The van der Waals surface area contributed by atoms with Crippen LogP contribution in [0.3, 0.4) is 0 Å². The Labute approximate surface area is 106 Å². The molecule has 1 amide bonds. The summed E-state index contributed by atoms with van der Waals surface area (Å²) in [7, 11) is 0. The highest BCUT2D eigenvalue weighted by atomic mass is 16.1. The van der Waals surface area contributed by atoms with Crippen LogP contribution in [-0.2, 0) is 4.79 Å². The fourth-order valence-electron chi connectivity index (χ4n) is 1.57. The molecule has 0 aromatic heterocycles. The molecule has 0 bridgehead atoms. The van der Waals surface area contributed by atoms with Gasteiger partial charge in [-0.25, -0.2) is 0 Å². The third kappa shape index (κ3) is 9.12. The number of nitrogens with zero attached hydrogens (tertiary/aromatic N) is 1. The molecule has 0 fully saturated rings. The largest absolute Gasteiger partial charge is 0.354 e. The smallest absolute Gasteiger partial charge is 0.234 e. The van der Waals surface area contributed by atoms with Gasteiger partial charge in [0.05, 0.1) is 6.54 Å². The molecule has 0 aromatic carbocycles. The van der Waals surface area contributed by atoms with Gasteiger partial charge >= 0.3 is 0 Å². The van der Waals surface area contributed by atoms with Gasteiger partial charge < -0.3 is 15.5 Å². The minimum absolute atomic E-state index is 0.0952. The van der Waals surface area contributed by atoms with Gasteiger partial charge in [0.1, 0.15) is 0 Å². The molecule has 4 nitrogen and oxygen atoms in total. The van der Waals surface area contributed by atoms with Crippen LogP contribution in [0, 0.1) is 0 Å². The summed E-state index contributed by atoms with van der Waals surface area (Å²) in [5.74, 6) is 0.0952. The zero-order valence-electron chi connectivity index (χ0n) is 11.9. The van der Waals surface area contributed by atoms with Gasteiger partial charge in [-0.3, -0.25) is 4.79 Å². The molecule has 17 heavy (non-hydrogen) atoms. The number of carbonyl (C=O) groups excluding carboxylic acids is 1. The van der Waals surface area contributed by atoms with E-state index in [9.17, 15) is 4.79 Å². The topological polar surface area (TPSA) is 44.4 Å². The van der Waals surface area contributed by atoms with E-state index in [0.29, 0.717) is 12.6 Å². The highest BCUT2D eigenvalue weighted by Crippen LogP contribution is 1.89. The van der Waals surface area contributed by atoms with E-state index >= 15 is 0 Å². The molecule has 2 N–H and O–H groups in total. The predicted octanol–water partition coefficient (Wildman–Crippen LogP) is 1.22. The molecule has 0 aromatic rings. The molecule has 0 spiro atoms. The maximum Gasteiger partial charge on any atom is 0.234 e. The second-order valence-corrected chi connectivity index (χ2v) is 4.47.